The number of hydrogen-bond donors (Lipinski definition) is 2. The molecule has 0 spiro atoms. The van der Waals surface area contributed by atoms with Crippen molar-refractivity contribution in [3.05, 3.63) is 46.7 Å². The first-order valence-electron chi connectivity index (χ1n) is 7.94. The zero-order chi connectivity index (χ0) is 20.7. The molecule has 0 unspecified atom stereocenters. The van der Waals surface area contributed by atoms with Crippen molar-refractivity contribution in [2.75, 3.05) is 26.6 Å². The van der Waals surface area contributed by atoms with Crippen LogP contribution < -0.4 is 20.1 Å². The SMILES string of the molecule is COC(=O)C(=O)Nc1c(C(=O)NCc2ccc(OC)cc2OC)ccnc1Cl. The Hall–Kier alpha value is -3.33. The third-order valence-corrected chi connectivity index (χ3v) is 3.98. The van der Waals surface area contributed by atoms with Crippen LogP contribution in [0.2, 0.25) is 5.15 Å². The fourth-order valence-corrected chi connectivity index (χ4v) is 2.48. The number of pyridine rings is 1. The zero-order valence-corrected chi connectivity index (χ0v) is 16.1. The van der Waals surface area contributed by atoms with Gasteiger partial charge in [0.05, 0.1) is 32.6 Å². The van der Waals surface area contributed by atoms with Gasteiger partial charge in [0, 0.05) is 24.4 Å². The van der Waals surface area contributed by atoms with Crippen molar-refractivity contribution in [3.8, 4) is 11.5 Å². The number of esters is 1. The number of nitrogens with zero attached hydrogens (tertiary/aromatic N) is 1. The molecular formula is C18H18ClN3O6. The van der Waals surface area contributed by atoms with Crippen LogP contribution in [0.1, 0.15) is 15.9 Å². The van der Waals surface area contributed by atoms with Crippen molar-refractivity contribution in [1.82, 2.24) is 10.3 Å². The molecule has 2 rings (SSSR count). The molecule has 0 aliphatic carbocycles. The molecule has 0 saturated heterocycles. The molecule has 0 bridgehead atoms. The largest absolute Gasteiger partial charge is 0.497 e. The Kier molecular flexibility index (Phi) is 7.16. The maximum atomic E-state index is 12.6. The Morgan fingerprint density at radius 2 is 1.86 bits per heavy atom. The normalized spacial score (nSPS) is 10.0. The highest BCUT2D eigenvalue weighted by Crippen LogP contribution is 2.26. The smallest absolute Gasteiger partial charge is 0.396 e. The molecule has 2 N–H and O–H groups in total. The lowest BCUT2D eigenvalue weighted by Gasteiger charge is -2.13. The summed E-state index contributed by atoms with van der Waals surface area (Å²) >= 11 is 5.97. The second kappa shape index (κ2) is 9.56. The van der Waals surface area contributed by atoms with Gasteiger partial charge in [0.15, 0.2) is 5.15 Å². The molecule has 2 aromatic rings. The summed E-state index contributed by atoms with van der Waals surface area (Å²) < 4.78 is 14.8. The van der Waals surface area contributed by atoms with E-state index in [9.17, 15) is 14.4 Å². The Labute approximate surface area is 165 Å². The molecule has 0 saturated carbocycles. The van der Waals surface area contributed by atoms with Gasteiger partial charge in [-0.3, -0.25) is 9.59 Å². The van der Waals surface area contributed by atoms with Gasteiger partial charge >= 0.3 is 11.9 Å². The van der Waals surface area contributed by atoms with E-state index in [2.05, 4.69) is 20.4 Å². The van der Waals surface area contributed by atoms with Crippen molar-refractivity contribution in [3.63, 3.8) is 0 Å². The lowest BCUT2D eigenvalue weighted by molar-refractivity contribution is -0.150. The standard InChI is InChI=1S/C18H18ClN3O6/c1-26-11-5-4-10(13(8-11)27-2)9-21-16(23)12-6-7-20-15(19)14(12)22-17(24)18(25)28-3/h4-8H,9H2,1-3H3,(H,21,23)(H,22,24). The Balaban J connectivity index is 2.20. The number of carbonyl (C=O) groups excluding carboxylic acids is 3. The highest BCUT2D eigenvalue weighted by Gasteiger charge is 2.21. The summed E-state index contributed by atoms with van der Waals surface area (Å²) in [5.74, 6) is -1.60. The molecule has 28 heavy (non-hydrogen) atoms. The minimum atomic E-state index is -1.13. The summed E-state index contributed by atoms with van der Waals surface area (Å²) in [5.41, 5.74) is 0.639. The third-order valence-electron chi connectivity index (χ3n) is 3.69. The topological polar surface area (TPSA) is 116 Å². The van der Waals surface area contributed by atoms with E-state index in [-0.39, 0.29) is 22.9 Å². The Morgan fingerprint density at radius 3 is 2.50 bits per heavy atom. The van der Waals surface area contributed by atoms with Gasteiger partial charge < -0.3 is 24.8 Å². The number of aromatic nitrogens is 1. The highest BCUT2D eigenvalue weighted by molar-refractivity contribution is 6.40. The lowest BCUT2D eigenvalue weighted by atomic mass is 10.1. The van der Waals surface area contributed by atoms with E-state index >= 15 is 0 Å². The molecule has 2 amide bonds. The number of rotatable bonds is 6. The molecular weight excluding hydrogens is 390 g/mol. The fraction of sp³-hybridized carbons (Fsp3) is 0.222. The van der Waals surface area contributed by atoms with Gasteiger partial charge in [-0.2, -0.15) is 0 Å². The molecule has 10 heteroatoms. The number of ether oxygens (including phenoxy) is 3. The van der Waals surface area contributed by atoms with Gasteiger partial charge in [0.2, 0.25) is 0 Å². The molecule has 0 fully saturated rings. The molecule has 148 valence electrons. The lowest BCUT2D eigenvalue weighted by Crippen LogP contribution is -2.28. The highest BCUT2D eigenvalue weighted by atomic mass is 35.5. The maximum Gasteiger partial charge on any atom is 0.396 e. The second-order valence-electron chi connectivity index (χ2n) is 5.33. The van der Waals surface area contributed by atoms with Crippen LogP contribution in [0.3, 0.4) is 0 Å². The summed E-state index contributed by atoms with van der Waals surface area (Å²) in [4.78, 5) is 39.5. The van der Waals surface area contributed by atoms with Crippen LogP contribution in [0.4, 0.5) is 5.69 Å². The van der Waals surface area contributed by atoms with Crippen molar-refractivity contribution in [2.45, 2.75) is 6.54 Å². The molecule has 0 aliphatic rings. The van der Waals surface area contributed by atoms with Gasteiger partial charge in [-0.25, -0.2) is 9.78 Å². The summed E-state index contributed by atoms with van der Waals surface area (Å²) in [5, 5.41) is 4.79. The van der Waals surface area contributed by atoms with Crippen LogP contribution in [0.15, 0.2) is 30.5 Å². The number of methoxy groups -OCH3 is 3. The summed E-state index contributed by atoms with van der Waals surface area (Å²) in [6.45, 7) is 0.135. The molecule has 9 nitrogen and oxygen atoms in total. The van der Waals surface area contributed by atoms with Crippen LogP contribution in [0.25, 0.3) is 0 Å². The zero-order valence-electron chi connectivity index (χ0n) is 15.4. The summed E-state index contributed by atoms with van der Waals surface area (Å²) in [6.07, 6.45) is 1.30. The van der Waals surface area contributed by atoms with E-state index in [0.717, 1.165) is 7.11 Å². The predicted molar refractivity (Wildman–Crippen MR) is 101 cm³/mol. The fourth-order valence-electron chi connectivity index (χ4n) is 2.27. The minimum Gasteiger partial charge on any atom is -0.497 e. The summed E-state index contributed by atoms with van der Waals surface area (Å²) in [6, 6.07) is 6.53. The molecule has 1 aromatic carbocycles. The predicted octanol–water partition coefficient (Wildman–Crippen LogP) is 1.79. The number of nitrogens with one attached hydrogen (secondary N) is 2. The minimum absolute atomic E-state index is 0.0322. The van der Waals surface area contributed by atoms with Crippen molar-refractivity contribution in [2.24, 2.45) is 0 Å². The van der Waals surface area contributed by atoms with E-state index < -0.39 is 17.8 Å². The monoisotopic (exact) mass is 407 g/mol. The van der Waals surface area contributed by atoms with Crippen molar-refractivity contribution < 1.29 is 28.6 Å². The van der Waals surface area contributed by atoms with Crippen molar-refractivity contribution >= 4 is 35.1 Å². The van der Waals surface area contributed by atoms with Gasteiger partial charge in [0.25, 0.3) is 5.91 Å². The maximum absolute atomic E-state index is 12.6. The van der Waals surface area contributed by atoms with Crippen LogP contribution in [0.5, 0.6) is 11.5 Å². The first-order chi connectivity index (χ1) is 13.4. The van der Waals surface area contributed by atoms with E-state index in [1.54, 1.807) is 18.2 Å². The quantitative estimate of drug-likeness (QED) is 0.426. The van der Waals surface area contributed by atoms with E-state index in [4.69, 9.17) is 21.1 Å². The number of amides is 2. The Bertz CT molecular complexity index is 903. The number of hydrogen-bond acceptors (Lipinski definition) is 7. The van der Waals surface area contributed by atoms with Crippen LogP contribution in [-0.4, -0.2) is 44.1 Å². The molecule has 1 heterocycles. The van der Waals surface area contributed by atoms with Gasteiger partial charge in [-0.15, -0.1) is 0 Å². The summed E-state index contributed by atoms with van der Waals surface area (Å²) in [7, 11) is 4.10. The van der Waals surface area contributed by atoms with E-state index in [1.807, 2.05) is 0 Å². The number of carbonyl (C=O) groups is 3. The van der Waals surface area contributed by atoms with Gasteiger partial charge in [-0.1, -0.05) is 11.6 Å². The molecule has 0 radical (unpaired) electrons. The van der Waals surface area contributed by atoms with E-state index in [0.29, 0.717) is 17.1 Å². The average Bonchev–Trinajstić information content (AvgIpc) is 2.72. The molecule has 0 aliphatic heterocycles. The van der Waals surface area contributed by atoms with E-state index in [1.165, 1.54) is 26.5 Å². The number of halogens is 1. The van der Waals surface area contributed by atoms with Crippen molar-refractivity contribution in [1.29, 1.82) is 0 Å². The molecule has 1 aromatic heterocycles. The van der Waals surface area contributed by atoms with Gasteiger partial charge in [0.1, 0.15) is 11.5 Å². The number of anilines is 1. The first-order valence-corrected chi connectivity index (χ1v) is 8.32. The Morgan fingerprint density at radius 1 is 1.11 bits per heavy atom. The average molecular weight is 408 g/mol. The van der Waals surface area contributed by atoms with Crippen LogP contribution in [0, 0.1) is 0 Å². The second-order valence-corrected chi connectivity index (χ2v) is 5.69. The van der Waals surface area contributed by atoms with Crippen LogP contribution in [-0.2, 0) is 20.9 Å². The first kappa shape index (κ1) is 21.0. The number of benzene rings is 1. The third kappa shape index (κ3) is 4.89. The van der Waals surface area contributed by atoms with Crippen LogP contribution >= 0.6 is 11.6 Å². The van der Waals surface area contributed by atoms with Gasteiger partial charge in [-0.05, 0) is 18.2 Å². The molecule has 0 atom stereocenters.